The minimum atomic E-state index is -4.91. The van der Waals surface area contributed by atoms with E-state index < -0.39 is 45.2 Å². The number of amides is 3. The van der Waals surface area contributed by atoms with Gasteiger partial charge in [0, 0.05) is 49.9 Å². The summed E-state index contributed by atoms with van der Waals surface area (Å²) < 4.78 is 77.4. The molecule has 0 spiro atoms. The molecule has 0 aromatic heterocycles. The summed E-state index contributed by atoms with van der Waals surface area (Å²) in [6.45, 7) is 8.37. The number of phosphoric ester groups is 1. The molecule has 0 bridgehead atoms. The summed E-state index contributed by atoms with van der Waals surface area (Å²) in [5.74, 6) is 5.06. The molecule has 3 amide bonds. The van der Waals surface area contributed by atoms with E-state index in [1.165, 1.54) is 141 Å². The van der Waals surface area contributed by atoms with Crippen molar-refractivity contribution in [3.63, 3.8) is 0 Å². The first-order valence-corrected chi connectivity index (χ1v) is 39.6. The Bertz CT molecular complexity index is 2510. The van der Waals surface area contributed by atoms with Crippen LogP contribution in [0.1, 0.15) is 249 Å². The summed E-state index contributed by atoms with van der Waals surface area (Å²) in [5.41, 5.74) is 3.34. The number of anilines is 1. The first kappa shape index (κ1) is 93.1. The number of ether oxygens (including phenoxy) is 10. The Morgan fingerprint density at radius 2 is 0.832 bits per heavy atom. The van der Waals surface area contributed by atoms with E-state index in [0.717, 1.165) is 60.9 Å². The molecule has 22 nitrogen and oxygen atoms in total. The molecule has 0 radical (unpaired) electrons. The summed E-state index contributed by atoms with van der Waals surface area (Å²) in [7, 11) is -4.91. The fraction of sp³-hybridized carbons (Fsp3) is 0.753. The Morgan fingerprint density at radius 1 is 0.436 bits per heavy atom. The summed E-state index contributed by atoms with van der Waals surface area (Å²) in [6.07, 6.45) is 34.7. The molecular weight excluding hydrogens is 1320 g/mol. The fourth-order valence-electron chi connectivity index (χ4n) is 11.0. The summed E-state index contributed by atoms with van der Waals surface area (Å²) in [4.78, 5) is 78.1. The molecule has 24 heteroatoms. The van der Waals surface area contributed by atoms with Gasteiger partial charge in [-0.1, -0.05) is 236 Å². The van der Waals surface area contributed by atoms with Crippen molar-refractivity contribution in [1.29, 1.82) is 0 Å². The van der Waals surface area contributed by atoms with Crippen molar-refractivity contribution in [3.05, 3.63) is 65.2 Å². The zero-order valence-corrected chi connectivity index (χ0v) is 65.1. The summed E-state index contributed by atoms with van der Waals surface area (Å²) in [5, 5.41) is 5.21. The van der Waals surface area contributed by atoms with Gasteiger partial charge in [-0.3, -0.25) is 23.7 Å². The first-order valence-electron chi connectivity index (χ1n) is 38.2. The van der Waals surface area contributed by atoms with Crippen LogP contribution < -0.4 is 50.0 Å². The molecule has 101 heavy (non-hydrogen) atoms. The van der Waals surface area contributed by atoms with E-state index in [1.54, 1.807) is 4.90 Å². The number of hydrogen-bond donors (Lipinski definition) is 2. The molecule has 1 aliphatic rings. The maximum atomic E-state index is 13.4. The van der Waals surface area contributed by atoms with Gasteiger partial charge in [0.2, 0.25) is 11.8 Å². The maximum absolute atomic E-state index is 13.4. The molecule has 2 aromatic rings. The largest absolute Gasteiger partial charge is 1.00 e. The monoisotopic (exact) mass is 1450 g/mol. The Morgan fingerprint density at radius 3 is 1.32 bits per heavy atom. The molecule has 0 saturated carbocycles. The number of phosphoric acid groups is 1. The van der Waals surface area contributed by atoms with Gasteiger partial charge in [-0.15, -0.1) is 0 Å². The number of unbranched alkanes of at least 4 members (excludes halogenated alkanes) is 28. The van der Waals surface area contributed by atoms with Crippen LogP contribution in [0.15, 0.2) is 48.5 Å². The number of alkyl carbamates (subject to hydrolysis) is 1. The fourth-order valence-corrected chi connectivity index (χ4v) is 11.7. The van der Waals surface area contributed by atoms with Gasteiger partial charge in [-0.2, -0.15) is 0 Å². The number of hydrogen-bond acceptors (Lipinski definition) is 19. The van der Waals surface area contributed by atoms with Gasteiger partial charge in [-0.05, 0) is 36.6 Å². The number of esters is 2. The van der Waals surface area contributed by atoms with Crippen LogP contribution in [0.2, 0.25) is 0 Å². The topological polar surface area (TPSA) is 264 Å². The third-order valence-electron chi connectivity index (χ3n) is 16.7. The summed E-state index contributed by atoms with van der Waals surface area (Å²) >= 11 is 0. The van der Waals surface area contributed by atoms with Gasteiger partial charge < -0.3 is 76.8 Å². The van der Waals surface area contributed by atoms with Crippen molar-refractivity contribution in [2.45, 2.75) is 245 Å². The Hall–Kier alpha value is -4.02. The van der Waals surface area contributed by atoms with Crippen LogP contribution in [0.25, 0.3) is 0 Å². The number of fused-ring (bicyclic) bond motifs is 2. The van der Waals surface area contributed by atoms with Crippen molar-refractivity contribution in [2.75, 3.05) is 137 Å². The van der Waals surface area contributed by atoms with E-state index >= 15 is 0 Å². The molecule has 570 valence electrons. The van der Waals surface area contributed by atoms with Crippen LogP contribution in [0.3, 0.4) is 0 Å². The summed E-state index contributed by atoms with van der Waals surface area (Å²) in [6, 6.07) is 15.3. The number of nitrogens with one attached hydrogen (secondary N) is 2. The Labute approximate surface area is 628 Å². The van der Waals surface area contributed by atoms with Crippen molar-refractivity contribution < 1.29 is 119 Å². The van der Waals surface area contributed by atoms with Gasteiger partial charge in [0.05, 0.1) is 118 Å². The molecule has 0 fully saturated rings. The predicted octanol–water partition coefficient (Wildman–Crippen LogP) is 11.2. The first-order chi connectivity index (χ1) is 49.0. The second-order valence-corrected chi connectivity index (χ2v) is 26.8. The Kier molecular flexibility index (Phi) is 61.4. The zero-order chi connectivity index (χ0) is 71.7. The van der Waals surface area contributed by atoms with Crippen LogP contribution in [0.5, 0.6) is 0 Å². The molecule has 1 unspecified atom stereocenters. The molecule has 3 rings (SSSR count). The van der Waals surface area contributed by atoms with Crippen LogP contribution in [0, 0.1) is 11.8 Å². The number of carbonyl (C=O) groups excluding carboxylic acids is 5. The smallest absolute Gasteiger partial charge is 0.756 e. The molecule has 2 N–H and O–H groups in total. The molecular formula is C77H127N3NaO19P. The van der Waals surface area contributed by atoms with Gasteiger partial charge in [-0.25, -0.2) is 4.79 Å². The van der Waals surface area contributed by atoms with Crippen molar-refractivity contribution in [2.24, 2.45) is 0 Å². The van der Waals surface area contributed by atoms with Crippen molar-refractivity contribution in [1.82, 2.24) is 10.6 Å². The quantitative estimate of drug-likeness (QED) is 0.0156. The normalized spacial score (nSPS) is 12.6. The van der Waals surface area contributed by atoms with Gasteiger partial charge in [0.15, 0.2) is 6.10 Å². The van der Waals surface area contributed by atoms with Crippen LogP contribution in [0.4, 0.5) is 10.5 Å². The number of benzene rings is 2. The third kappa shape index (κ3) is 54.3. The van der Waals surface area contributed by atoms with E-state index in [0.29, 0.717) is 105 Å². The van der Waals surface area contributed by atoms with Crippen LogP contribution in [-0.2, 0) is 86.7 Å². The van der Waals surface area contributed by atoms with E-state index in [1.807, 2.05) is 48.5 Å². The maximum Gasteiger partial charge on any atom is 1.00 e. The van der Waals surface area contributed by atoms with Gasteiger partial charge >= 0.3 is 47.6 Å². The molecule has 2 aromatic carbocycles. The SMILES string of the molecule is CCCCCCCCCCCCCCCCCC(=O)OC[C@H](COP(=O)([O-])OCCNC(=O)OCCOCCOCCOCCOCCOCCOCCOCCNC(=O)CCC(=O)N1Cc2ccccc2C#Cc2ccccc21)OC(=O)CCCCCCCCCCCCCCCCC.[Na+]. The van der Waals surface area contributed by atoms with Crippen molar-refractivity contribution in [3.8, 4) is 11.8 Å². The van der Waals surface area contributed by atoms with Crippen molar-refractivity contribution >= 4 is 43.4 Å². The predicted molar refractivity (Wildman–Crippen MR) is 387 cm³/mol. The Balaban J connectivity index is 0.0000347. The second kappa shape index (κ2) is 66.6. The number of carbonyl (C=O) groups is 5. The van der Waals surface area contributed by atoms with Crippen LogP contribution in [-0.4, -0.2) is 168 Å². The molecule has 0 saturated heterocycles. The van der Waals surface area contributed by atoms with Crippen LogP contribution >= 0.6 is 7.82 Å². The third-order valence-corrected chi connectivity index (χ3v) is 17.7. The average molecular weight is 1450 g/mol. The van der Waals surface area contributed by atoms with E-state index in [-0.39, 0.29) is 100 Å². The minimum absolute atomic E-state index is 0. The average Bonchev–Trinajstić information content (AvgIpc) is 0.807. The number of rotatable bonds is 69. The molecule has 0 aliphatic carbocycles. The molecule has 2 atom stereocenters. The standard InChI is InChI=1S/C77H128N3O19P.Na/c1-3-5-7-9-11-13-15-17-19-21-23-25-27-29-31-41-75(83)96-66-71(99-76(84)42-32-30-28-26-24-22-20-18-16-14-12-10-8-6-4-2)67-98-100(86,87)97-50-48-79-77(85)95-64-63-94-62-61-93-60-59-92-58-57-91-56-55-90-54-53-89-52-51-88-49-47-78-73(81)45-46-74(82)80-65-70-39-34-33-37-68(70)43-44-69-38-35-36-40-72(69)80;/h33-40,71H,3-32,41-42,45-67H2,1-2H3,(H,78,81)(H,79,85)(H,86,87);/q;+1/p-1/t71-;/m1./s1. The molecule has 1 aliphatic heterocycles. The van der Waals surface area contributed by atoms with Gasteiger partial charge in [0.25, 0.3) is 7.82 Å². The second-order valence-electron chi connectivity index (χ2n) is 25.4. The van der Waals surface area contributed by atoms with Gasteiger partial charge in [0.1, 0.15) is 13.2 Å². The number of para-hydroxylation sites is 1. The zero-order valence-electron chi connectivity index (χ0n) is 62.2. The minimum Gasteiger partial charge on any atom is -0.756 e. The van der Waals surface area contributed by atoms with E-state index in [9.17, 15) is 33.4 Å². The molecule has 1 heterocycles. The number of nitrogens with zero attached hydrogens (tertiary/aromatic N) is 1. The van der Waals surface area contributed by atoms with E-state index in [2.05, 4.69) is 36.3 Å². The van der Waals surface area contributed by atoms with E-state index in [4.69, 9.17) is 56.4 Å².